The van der Waals surface area contributed by atoms with Crippen molar-refractivity contribution in [2.45, 2.75) is 41.5 Å². The van der Waals surface area contributed by atoms with Gasteiger partial charge in [0.1, 0.15) is 0 Å². The van der Waals surface area contributed by atoms with Gasteiger partial charge in [0.2, 0.25) is 0 Å². The molecule has 12 aromatic carbocycles. The molecule has 0 bridgehead atoms. The summed E-state index contributed by atoms with van der Waals surface area (Å²) in [5.74, 6) is 0. The van der Waals surface area contributed by atoms with E-state index < -0.39 is 0 Å². The minimum absolute atomic E-state index is 1.26. The molecule has 0 fully saturated rings. The summed E-state index contributed by atoms with van der Waals surface area (Å²) >= 11 is 0. The van der Waals surface area contributed by atoms with Gasteiger partial charge in [-0.2, -0.15) is 0 Å². The molecule has 0 heterocycles. The summed E-state index contributed by atoms with van der Waals surface area (Å²) in [5.41, 5.74) is 18.0. The van der Waals surface area contributed by atoms with Crippen molar-refractivity contribution in [3.05, 3.63) is 240 Å². The van der Waals surface area contributed by atoms with Crippen LogP contribution in [0.25, 0.3) is 109 Å². The van der Waals surface area contributed by atoms with Crippen molar-refractivity contribution in [2.75, 3.05) is 0 Å². The highest BCUT2D eigenvalue weighted by molar-refractivity contribution is 6.27. The number of hydrogen-bond donors (Lipinski definition) is 0. The van der Waals surface area contributed by atoms with Gasteiger partial charge in [0, 0.05) is 0 Å². The lowest BCUT2D eigenvalue weighted by atomic mass is 9.89. The van der Waals surface area contributed by atoms with Gasteiger partial charge in [-0.25, -0.2) is 0 Å². The Bertz CT molecular complexity index is 3670. The van der Waals surface area contributed by atoms with Crippen molar-refractivity contribution in [3.8, 4) is 44.5 Å². The fraction of sp³-hybridized carbons (Fsp3) is 0.0909. The summed E-state index contributed by atoms with van der Waals surface area (Å²) in [7, 11) is 0. The highest BCUT2D eigenvalue weighted by Crippen LogP contribution is 2.41. The lowest BCUT2D eigenvalue weighted by Crippen LogP contribution is -1.88. The van der Waals surface area contributed by atoms with E-state index in [0.29, 0.717) is 0 Å². The Hall–Kier alpha value is -7.80. The second-order valence-electron chi connectivity index (χ2n) is 18.6. The molecule has 0 aromatic heterocycles. The molecule has 0 saturated heterocycles. The average molecular weight is 845 g/mol. The van der Waals surface area contributed by atoms with Crippen LogP contribution < -0.4 is 0 Å². The zero-order valence-electron chi connectivity index (χ0n) is 38.6. The van der Waals surface area contributed by atoms with Crippen LogP contribution in [0.3, 0.4) is 0 Å². The maximum absolute atomic E-state index is 2.38. The molecule has 0 nitrogen and oxygen atoms in total. The Morgan fingerprint density at radius 2 is 0.394 bits per heavy atom. The van der Waals surface area contributed by atoms with Crippen LogP contribution in [0.15, 0.2) is 206 Å². The summed E-state index contributed by atoms with van der Waals surface area (Å²) in [6.07, 6.45) is 0. The molecule has 316 valence electrons. The number of hydrogen-bond acceptors (Lipinski definition) is 0. The molecule has 0 aliphatic heterocycles. The van der Waals surface area contributed by atoms with Crippen LogP contribution in [0.2, 0.25) is 0 Å². The third-order valence-corrected chi connectivity index (χ3v) is 13.5. The molecule has 0 unspecified atom stereocenters. The SMILES string of the molecule is Cc1cc(C)cc(-c2ccc3c(c2)c2ccccc2c2ccc(-c4cc(C)cc(C)c4)cc23)c1.Cc1cccc(-c2ccc3c(c2)c2ccccc2c2ccc(-c4cccc(C)c4)cc23)c1. The van der Waals surface area contributed by atoms with E-state index in [1.54, 1.807) is 0 Å². The Labute approximate surface area is 388 Å². The number of aryl methyl sites for hydroxylation is 6. The molecule has 0 saturated carbocycles. The van der Waals surface area contributed by atoms with Gasteiger partial charge in [0.25, 0.3) is 0 Å². The van der Waals surface area contributed by atoms with E-state index in [1.807, 2.05) is 0 Å². The quantitative estimate of drug-likeness (QED) is 0.155. The molecule has 0 amide bonds. The highest BCUT2D eigenvalue weighted by atomic mass is 14.2. The number of rotatable bonds is 4. The molecular weight excluding hydrogens is 793 g/mol. The van der Waals surface area contributed by atoms with E-state index in [2.05, 4.69) is 248 Å². The number of benzene rings is 12. The predicted molar refractivity (Wildman–Crippen MR) is 288 cm³/mol. The summed E-state index contributed by atoms with van der Waals surface area (Å²) in [4.78, 5) is 0. The molecule has 12 rings (SSSR count). The first-order chi connectivity index (χ1) is 32.1. The van der Waals surface area contributed by atoms with E-state index in [-0.39, 0.29) is 0 Å². The Morgan fingerprint density at radius 3 is 0.712 bits per heavy atom. The topological polar surface area (TPSA) is 0 Å². The van der Waals surface area contributed by atoms with Gasteiger partial charge in [-0.3, -0.25) is 0 Å². The van der Waals surface area contributed by atoms with Crippen LogP contribution in [0.4, 0.5) is 0 Å². The van der Waals surface area contributed by atoms with Crippen molar-refractivity contribution in [1.29, 1.82) is 0 Å². The van der Waals surface area contributed by atoms with Gasteiger partial charge >= 0.3 is 0 Å². The maximum Gasteiger partial charge on any atom is -0.00928 e. The zero-order chi connectivity index (χ0) is 45.1. The molecular formula is C66H52. The third-order valence-electron chi connectivity index (χ3n) is 13.5. The molecule has 0 radical (unpaired) electrons. The third kappa shape index (κ3) is 7.59. The lowest BCUT2D eigenvalue weighted by molar-refractivity contribution is 1.38. The normalized spacial score (nSPS) is 11.5. The molecule has 0 spiro atoms. The Kier molecular flexibility index (Phi) is 10.3. The summed E-state index contributed by atoms with van der Waals surface area (Å²) in [5, 5.41) is 15.8. The van der Waals surface area contributed by atoms with E-state index >= 15 is 0 Å². The van der Waals surface area contributed by atoms with Gasteiger partial charge in [-0.05, 0) is 175 Å². The highest BCUT2D eigenvalue weighted by Gasteiger charge is 2.14. The molecule has 66 heavy (non-hydrogen) atoms. The first-order valence-electron chi connectivity index (χ1n) is 23.2. The fourth-order valence-corrected chi connectivity index (χ4v) is 10.6. The summed E-state index contributed by atoms with van der Waals surface area (Å²) < 4.78 is 0. The summed E-state index contributed by atoms with van der Waals surface area (Å²) in [6, 6.07) is 76.6. The van der Waals surface area contributed by atoms with Crippen LogP contribution in [0, 0.1) is 41.5 Å². The molecule has 0 atom stereocenters. The lowest BCUT2D eigenvalue weighted by Gasteiger charge is -2.14. The average Bonchev–Trinajstić information content (AvgIpc) is 3.33. The predicted octanol–water partition coefficient (Wildman–Crippen LogP) is 18.8. The Balaban J connectivity index is 0.000000146. The molecule has 0 N–H and O–H groups in total. The maximum atomic E-state index is 2.38. The van der Waals surface area contributed by atoms with Crippen LogP contribution in [0.5, 0.6) is 0 Å². The van der Waals surface area contributed by atoms with Crippen molar-refractivity contribution >= 4 is 64.6 Å². The van der Waals surface area contributed by atoms with E-state index in [4.69, 9.17) is 0 Å². The first-order valence-corrected chi connectivity index (χ1v) is 23.2. The van der Waals surface area contributed by atoms with E-state index in [0.717, 1.165) is 0 Å². The minimum Gasteiger partial charge on any atom is -0.0616 e. The second kappa shape index (κ2) is 16.6. The zero-order valence-corrected chi connectivity index (χ0v) is 38.6. The fourth-order valence-electron chi connectivity index (χ4n) is 10.6. The minimum atomic E-state index is 1.26. The first kappa shape index (κ1) is 40.9. The van der Waals surface area contributed by atoms with E-state index in [1.165, 1.54) is 143 Å². The van der Waals surface area contributed by atoms with Crippen LogP contribution in [-0.4, -0.2) is 0 Å². The molecule has 12 aromatic rings. The molecule has 0 heteroatoms. The Morgan fingerprint density at radius 1 is 0.152 bits per heavy atom. The van der Waals surface area contributed by atoms with Gasteiger partial charge in [0.05, 0.1) is 0 Å². The van der Waals surface area contributed by atoms with Crippen LogP contribution in [-0.2, 0) is 0 Å². The summed E-state index contributed by atoms with van der Waals surface area (Å²) in [6.45, 7) is 13.0. The van der Waals surface area contributed by atoms with Gasteiger partial charge in [-0.15, -0.1) is 0 Å². The van der Waals surface area contributed by atoms with Crippen molar-refractivity contribution < 1.29 is 0 Å². The van der Waals surface area contributed by atoms with Crippen molar-refractivity contribution in [1.82, 2.24) is 0 Å². The van der Waals surface area contributed by atoms with Crippen LogP contribution >= 0.6 is 0 Å². The van der Waals surface area contributed by atoms with Crippen molar-refractivity contribution in [2.24, 2.45) is 0 Å². The van der Waals surface area contributed by atoms with E-state index in [9.17, 15) is 0 Å². The monoisotopic (exact) mass is 844 g/mol. The number of fused-ring (bicyclic) bond motifs is 12. The smallest absolute Gasteiger partial charge is 0.00928 e. The molecule has 0 aliphatic carbocycles. The van der Waals surface area contributed by atoms with Gasteiger partial charge in [0.15, 0.2) is 0 Å². The van der Waals surface area contributed by atoms with Crippen molar-refractivity contribution in [3.63, 3.8) is 0 Å². The largest absolute Gasteiger partial charge is 0.0616 e. The second-order valence-corrected chi connectivity index (χ2v) is 18.6. The van der Waals surface area contributed by atoms with Gasteiger partial charge in [-0.1, -0.05) is 215 Å². The van der Waals surface area contributed by atoms with Crippen LogP contribution in [0.1, 0.15) is 33.4 Å². The van der Waals surface area contributed by atoms with Gasteiger partial charge < -0.3 is 0 Å². The standard InChI is InChI=1S/C34H28.C32H24/c1-21-13-22(2)16-27(15-21)25-9-11-31-29-7-5-6-8-30(29)33-19-26(10-12-32(33)34(31)20-25)28-17-23(3)14-24(4)18-28;1-21-7-5-9-23(17-21)25-13-15-29-27-11-3-4-12-28(27)31-19-26(14-16-30(31)32(29)20-25)24-10-6-8-22(2)18-24/h5-20H,1-4H3;3-20H,1-2H3. The molecule has 0 aliphatic rings.